The van der Waals surface area contributed by atoms with Crippen LogP contribution in [-0.4, -0.2) is 49.7 Å². The van der Waals surface area contributed by atoms with E-state index in [0.29, 0.717) is 12.3 Å². The summed E-state index contributed by atoms with van der Waals surface area (Å²) >= 11 is 0. The van der Waals surface area contributed by atoms with Crippen LogP contribution in [0.3, 0.4) is 0 Å². The number of amides is 1. The fourth-order valence-electron chi connectivity index (χ4n) is 3.23. The van der Waals surface area contributed by atoms with Crippen LogP contribution in [0.1, 0.15) is 26.3 Å². The molecule has 2 aromatic rings. The lowest BCUT2D eigenvalue weighted by Crippen LogP contribution is -2.47. The Hall–Kier alpha value is -2.53. The summed E-state index contributed by atoms with van der Waals surface area (Å²) in [6.45, 7) is 8.55. The molecule has 0 fully saturated rings. The number of nitrogens with one attached hydrogen (secondary N) is 1. The van der Waals surface area contributed by atoms with E-state index in [4.69, 9.17) is 9.47 Å². The summed E-state index contributed by atoms with van der Waals surface area (Å²) in [7, 11) is 1.62. The van der Waals surface area contributed by atoms with Crippen molar-refractivity contribution in [3.05, 3.63) is 60.2 Å². The Morgan fingerprint density at radius 3 is 2.18 bits per heavy atom. The van der Waals surface area contributed by atoms with Gasteiger partial charge >= 0.3 is 0 Å². The Morgan fingerprint density at radius 2 is 1.61 bits per heavy atom. The highest BCUT2D eigenvalue weighted by atomic mass is 16.5. The summed E-state index contributed by atoms with van der Waals surface area (Å²) in [5.74, 6) is 1.29. The van der Waals surface area contributed by atoms with Crippen LogP contribution in [0.4, 0.5) is 0 Å². The maximum absolute atomic E-state index is 12.5. The lowest BCUT2D eigenvalue weighted by atomic mass is 10.0. The van der Waals surface area contributed by atoms with E-state index in [1.54, 1.807) is 26.2 Å². The van der Waals surface area contributed by atoms with E-state index < -0.39 is 6.10 Å². The third-order valence-corrected chi connectivity index (χ3v) is 4.90. The minimum Gasteiger partial charge on any atom is -0.497 e. The quantitative estimate of drug-likeness (QED) is 0.644. The van der Waals surface area contributed by atoms with Gasteiger partial charge in [-0.25, -0.2) is 0 Å². The van der Waals surface area contributed by atoms with Gasteiger partial charge in [0, 0.05) is 12.6 Å². The molecule has 0 bridgehead atoms. The van der Waals surface area contributed by atoms with Gasteiger partial charge in [-0.15, -0.1) is 0 Å². The highest BCUT2D eigenvalue weighted by Gasteiger charge is 2.20. The molecular weight excluding hydrogens is 352 g/mol. The summed E-state index contributed by atoms with van der Waals surface area (Å²) in [6.07, 6.45) is 0.332. The normalized spacial score (nSPS) is 13.0. The molecule has 152 valence electrons. The minimum atomic E-state index is -0.567. The third kappa shape index (κ3) is 6.57. The molecule has 0 aliphatic rings. The zero-order valence-corrected chi connectivity index (χ0v) is 17.4. The average Bonchev–Trinajstić information content (AvgIpc) is 2.73. The molecule has 0 aromatic heterocycles. The molecule has 0 saturated carbocycles. The van der Waals surface area contributed by atoms with Gasteiger partial charge in [-0.2, -0.15) is 0 Å². The van der Waals surface area contributed by atoms with Gasteiger partial charge in [-0.1, -0.05) is 44.2 Å². The predicted molar refractivity (Wildman–Crippen MR) is 113 cm³/mol. The van der Waals surface area contributed by atoms with Crippen LogP contribution in [0.25, 0.3) is 0 Å². The van der Waals surface area contributed by atoms with Crippen molar-refractivity contribution in [1.29, 1.82) is 0 Å². The number of ether oxygens (including phenoxy) is 2. The Labute approximate surface area is 168 Å². The van der Waals surface area contributed by atoms with Gasteiger partial charge in [0.1, 0.15) is 11.5 Å². The zero-order valence-electron chi connectivity index (χ0n) is 17.4. The number of carbonyl (C=O) groups is 1. The number of methoxy groups -OCH3 is 1. The monoisotopic (exact) mass is 384 g/mol. The Kier molecular flexibility index (Phi) is 8.82. The molecule has 0 aliphatic carbocycles. The molecule has 1 amide bonds. The van der Waals surface area contributed by atoms with Crippen molar-refractivity contribution in [3.63, 3.8) is 0 Å². The first kappa shape index (κ1) is 21.8. The molecular formula is C23H32N2O3. The SMILES string of the molecule is CCN(CC)C(CNC(=O)C(C)Oc1ccc(OC)cc1)Cc1ccccc1. The van der Waals surface area contributed by atoms with Gasteiger partial charge < -0.3 is 14.8 Å². The second-order valence-corrected chi connectivity index (χ2v) is 6.75. The van der Waals surface area contributed by atoms with Gasteiger partial charge in [0.2, 0.25) is 0 Å². The van der Waals surface area contributed by atoms with Crippen LogP contribution in [-0.2, 0) is 11.2 Å². The van der Waals surface area contributed by atoms with Crippen LogP contribution in [0.15, 0.2) is 54.6 Å². The number of hydrogen-bond donors (Lipinski definition) is 1. The average molecular weight is 385 g/mol. The van der Waals surface area contributed by atoms with Crippen LogP contribution in [0, 0.1) is 0 Å². The molecule has 0 radical (unpaired) electrons. The summed E-state index contributed by atoms with van der Waals surface area (Å²) in [6, 6.07) is 17.9. The fourth-order valence-corrected chi connectivity index (χ4v) is 3.23. The summed E-state index contributed by atoms with van der Waals surface area (Å²) in [5.41, 5.74) is 1.27. The van der Waals surface area contributed by atoms with Crippen molar-refractivity contribution >= 4 is 5.91 Å². The number of carbonyl (C=O) groups excluding carboxylic acids is 1. The lowest BCUT2D eigenvalue weighted by Gasteiger charge is -2.30. The number of benzene rings is 2. The first-order valence-corrected chi connectivity index (χ1v) is 9.93. The van der Waals surface area contributed by atoms with Crippen molar-refractivity contribution in [3.8, 4) is 11.5 Å². The molecule has 0 aliphatic heterocycles. The van der Waals surface area contributed by atoms with Crippen LogP contribution >= 0.6 is 0 Å². The predicted octanol–water partition coefficient (Wildman–Crippen LogP) is 3.53. The second-order valence-electron chi connectivity index (χ2n) is 6.75. The molecule has 2 rings (SSSR count). The number of likely N-dealkylation sites (N-methyl/N-ethyl adjacent to an activating group) is 1. The first-order chi connectivity index (χ1) is 13.6. The van der Waals surface area contributed by atoms with E-state index in [9.17, 15) is 4.79 Å². The molecule has 2 aromatic carbocycles. The summed E-state index contributed by atoms with van der Waals surface area (Å²) < 4.78 is 10.9. The van der Waals surface area contributed by atoms with E-state index in [-0.39, 0.29) is 11.9 Å². The molecule has 0 saturated heterocycles. The molecule has 2 unspecified atom stereocenters. The topological polar surface area (TPSA) is 50.8 Å². The smallest absolute Gasteiger partial charge is 0.260 e. The van der Waals surface area contributed by atoms with Gasteiger partial charge in [-0.05, 0) is 56.3 Å². The molecule has 28 heavy (non-hydrogen) atoms. The van der Waals surface area contributed by atoms with E-state index in [2.05, 4.69) is 48.3 Å². The van der Waals surface area contributed by atoms with Crippen LogP contribution in [0.5, 0.6) is 11.5 Å². The first-order valence-electron chi connectivity index (χ1n) is 9.93. The standard InChI is InChI=1S/C23H32N2O3/c1-5-25(6-2)20(16-19-10-8-7-9-11-19)17-24-23(26)18(3)28-22-14-12-21(27-4)13-15-22/h7-15,18,20H,5-6,16-17H2,1-4H3,(H,24,26). The van der Waals surface area contributed by atoms with Crippen molar-refractivity contribution in [2.45, 2.75) is 39.3 Å². The highest BCUT2D eigenvalue weighted by molar-refractivity contribution is 5.80. The number of nitrogens with zero attached hydrogens (tertiary/aromatic N) is 1. The van der Waals surface area contributed by atoms with Gasteiger partial charge in [0.05, 0.1) is 7.11 Å². The largest absolute Gasteiger partial charge is 0.497 e. The fraction of sp³-hybridized carbons (Fsp3) is 0.435. The third-order valence-electron chi connectivity index (χ3n) is 4.90. The Balaban J connectivity index is 1.93. The number of hydrogen-bond acceptors (Lipinski definition) is 4. The lowest BCUT2D eigenvalue weighted by molar-refractivity contribution is -0.127. The van der Waals surface area contributed by atoms with E-state index in [1.807, 2.05) is 18.2 Å². The van der Waals surface area contributed by atoms with E-state index in [0.717, 1.165) is 25.3 Å². The molecule has 1 N–H and O–H groups in total. The molecule has 0 heterocycles. The van der Waals surface area contributed by atoms with Crippen molar-refractivity contribution in [2.75, 3.05) is 26.7 Å². The van der Waals surface area contributed by atoms with Crippen molar-refractivity contribution in [1.82, 2.24) is 10.2 Å². The maximum Gasteiger partial charge on any atom is 0.260 e. The van der Waals surface area contributed by atoms with E-state index in [1.165, 1.54) is 5.56 Å². The number of rotatable bonds is 11. The second kappa shape index (κ2) is 11.3. The Morgan fingerprint density at radius 1 is 1.00 bits per heavy atom. The van der Waals surface area contributed by atoms with Crippen LogP contribution < -0.4 is 14.8 Å². The van der Waals surface area contributed by atoms with E-state index >= 15 is 0 Å². The van der Waals surface area contributed by atoms with Crippen LogP contribution in [0.2, 0.25) is 0 Å². The molecule has 5 nitrogen and oxygen atoms in total. The van der Waals surface area contributed by atoms with Gasteiger partial charge in [-0.3, -0.25) is 9.69 Å². The van der Waals surface area contributed by atoms with Crippen molar-refractivity contribution in [2.24, 2.45) is 0 Å². The Bertz CT molecular complexity index is 700. The highest BCUT2D eigenvalue weighted by Crippen LogP contribution is 2.18. The van der Waals surface area contributed by atoms with Crippen molar-refractivity contribution < 1.29 is 14.3 Å². The van der Waals surface area contributed by atoms with Gasteiger partial charge in [0.25, 0.3) is 5.91 Å². The summed E-state index contributed by atoms with van der Waals surface area (Å²) in [4.78, 5) is 14.9. The maximum atomic E-state index is 12.5. The minimum absolute atomic E-state index is 0.110. The summed E-state index contributed by atoms with van der Waals surface area (Å²) in [5, 5.41) is 3.06. The van der Waals surface area contributed by atoms with Gasteiger partial charge in [0.15, 0.2) is 6.10 Å². The molecule has 2 atom stereocenters. The molecule has 5 heteroatoms. The molecule has 0 spiro atoms. The zero-order chi connectivity index (χ0) is 20.4.